The predicted octanol–water partition coefficient (Wildman–Crippen LogP) is 4.05. The van der Waals surface area contributed by atoms with E-state index in [0.29, 0.717) is 37.1 Å². The molecule has 0 saturated carbocycles. The lowest BCUT2D eigenvalue weighted by Crippen LogP contribution is -2.44. The predicted molar refractivity (Wildman–Crippen MR) is 127 cm³/mol. The molecule has 2 N–H and O–H groups in total. The molecule has 1 atom stereocenters. The smallest absolute Gasteiger partial charge is 0.404 e. The maximum Gasteiger partial charge on any atom is 0.404 e. The highest BCUT2D eigenvalue weighted by atomic mass is 19.1. The number of piperidine rings is 1. The number of fused-ring (bicyclic) bond motifs is 2. The quantitative estimate of drug-likeness (QED) is 0.494. The van der Waals surface area contributed by atoms with E-state index in [1.54, 1.807) is 23.1 Å². The van der Waals surface area contributed by atoms with Gasteiger partial charge in [-0.3, -0.25) is 4.79 Å². The van der Waals surface area contributed by atoms with Gasteiger partial charge in [0.2, 0.25) is 0 Å². The van der Waals surface area contributed by atoms with Crippen LogP contribution in [0.1, 0.15) is 30.1 Å². The van der Waals surface area contributed by atoms with E-state index in [1.807, 2.05) is 30.7 Å². The molecule has 8 nitrogen and oxygen atoms in total. The molecule has 1 aliphatic rings. The Balaban J connectivity index is 1.50. The topological polar surface area (TPSA) is 95.4 Å². The standard InChI is InChI=1S/C25H26FN5O3/c1-3-31-20-9-7-17(26)11-16(20)13-22(31)23-28-19-12-15(6-8-21(19)29(23)2)24(32)30-10-4-5-18(14-30)34-25(27)33/h6-9,11-13,18H,3-5,10,14H2,1-2H3,(H2,27,33). The molecule has 2 aromatic carbocycles. The van der Waals surface area contributed by atoms with Gasteiger partial charge in [0.05, 0.1) is 23.3 Å². The molecular formula is C25H26FN5O3. The molecule has 34 heavy (non-hydrogen) atoms. The Kier molecular flexibility index (Phi) is 5.47. The summed E-state index contributed by atoms with van der Waals surface area (Å²) in [5.74, 6) is 0.331. The zero-order valence-electron chi connectivity index (χ0n) is 19.1. The number of likely N-dealkylation sites (tertiary alicyclic amines) is 1. The van der Waals surface area contributed by atoms with Gasteiger partial charge >= 0.3 is 6.09 Å². The number of aryl methyl sites for hydroxylation is 2. The average Bonchev–Trinajstić information content (AvgIpc) is 3.34. The fourth-order valence-electron chi connectivity index (χ4n) is 4.90. The summed E-state index contributed by atoms with van der Waals surface area (Å²) < 4.78 is 23.0. The Morgan fingerprint density at radius 2 is 1.97 bits per heavy atom. The lowest BCUT2D eigenvalue weighted by Gasteiger charge is -2.32. The van der Waals surface area contributed by atoms with Crippen LogP contribution in [0.2, 0.25) is 0 Å². The minimum atomic E-state index is -0.825. The summed E-state index contributed by atoms with van der Waals surface area (Å²) in [6, 6.07) is 12.2. The molecule has 5 rings (SSSR count). The Morgan fingerprint density at radius 1 is 1.18 bits per heavy atom. The highest BCUT2D eigenvalue weighted by Gasteiger charge is 2.27. The van der Waals surface area contributed by atoms with Crippen molar-refractivity contribution < 1.29 is 18.7 Å². The SMILES string of the molecule is CCn1c(-c2nc3cc(C(=O)N4CCCC(OC(N)=O)C4)ccc3n2C)cc2cc(F)ccc21. The Labute approximate surface area is 195 Å². The fraction of sp³-hybridized carbons (Fsp3) is 0.320. The van der Waals surface area contributed by atoms with Gasteiger partial charge in [-0.15, -0.1) is 0 Å². The molecule has 176 valence electrons. The second kappa shape index (κ2) is 8.48. The number of imidazole rings is 1. The number of carbonyl (C=O) groups is 2. The van der Waals surface area contributed by atoms with Crippen LogP contribution in [0.4, 0.5) is 9.18 Å². The van der Waals surface area contributed by atoms with Gasteiger partial charge < -0.3 is 24.5 Å². The van der Waals surface area contributed by atoms with Crippen LogP contribution in [-0.2, 0) is 18.3 Å². The number of aromatic nitrogens is 3. The lowest BCUT2D eigenvalue weighted by atomic mass is 10.1. The molecule has 1 fully saturated rings. The molecule has 9 heteroatoms. The van der Waals surface area contributed by atoms with Gasteiger partial charge in [-0.05, 0) is 62.2 Å². The normalized spacial score (nSPS) is 16.3. The largest absolute Gasteiger partial charge is 0.445 e. The number of ether oxygens (including phenoxy) is 1. The average molecular weight is 464 g/mol. The second-order valence-corrected chi connectivity index (χ2v) is 8.63. The van der Waals surface area contributed by atoms with Crippen molar-refractivity contribution in [2.75, 3.05) is 13.1 Å². The number of benzene rings is 2. The van der Waals surface area contributed by atoms with Crippen molar-refractivity contribution in [1.29, 1.82) is 0 Å². The first-order valence-corrected chi connectivity index (χ1v) is 11.4. The van der Waals surface area contributed by atoms with Crippen molar-refractivity contribution in [2.24, 2.45) is 12.8 Å². The van der Waals surface area contributed by atoms with E-state index in [0.717, 1.165) is 34.4 Å². The van der Waals surface area contributed by atoms with Crippen molar-refractivity contribution in [3.05, 3.63) is 53.8 Å². The van der Waals surface area contributed by atoms with Crippen LogP contribution in [0.15, 0.2) is 42.5 Å². The van der Waals surface area contributed by atoms with Crippen molar-refractivity contribution in [3.8, 4) is 11.5 Å². The van der Waals surface area contributed by atoms with Gasteiger partial charge in [0.15, 0.2) is 5.82 Å². The highest BCUT2D eigenvalue weighted by molar-refractivity contribution is 5.98. The first kappa shape index (κ1) is 21.9. The summed E-state index contributed by atoms with van der Waals surface area (Å²) in [5.41, 5.74) is 9.08. The summed E-state index contributed by atoms with van der Waals surface area (Å²) in [6.45, 7) is 3.66. The van der Waals surface area contributed by atoms with Crippen molar-refractivity contribution in [3.63, 3.8) is 0 Å². The third kappa shape index (κ3) is 3.76. The first-order chi connectivity index (χ1) is 16.4. The number of carbonyl (C=O) groups excluding carboxylic acids is 2. The van der Waals surface area contributed by atoms with Crippen LogP contribution in [0.25, 0.3) is 33.5 Å². The van der Waals surface area contributed by atoms with E-state index >= 15 is 0 Å². The number of rotatable bonds is 4. The third-order valence-corrected chi connectivity index (χ3v) is 6.48. The van der Waals surface area contributed by atoms with Crippen LogP contribution in [-0.4, -0.2) is 50.2 Å². The molecule has 0 bridgehead atoms. The van der Waals surface area contributed by atoms with Gasteiger partial charge in [0.25, 0.3) is 5.91 Å². The van der Waals surface area contributed by atoms with Gasteiger partial charge in [0.1, 0.15) is 11.9 Å². The van der Waals surface area contributed by atoms with Crippen LogP contribution < -0.4 is 5.73 Å². The maximum absolute atomic E-state index is 13.8. The third-order valence-electron chi connectivity index (χ3n) is 6.48. The van der Waals surface area contributed by atoms with Gasteiger partial charge in [-0.1, -0.05) is 0 Å². The summed E-state index contributed by atoms with van der Waals surface area (Å²) in [4.78, 5) is 30.8. The van der Waals surface area contributed by atoms with E-state index in [4.69, 9.17) is 15.5 Å². The van der Waals surface area contributed by atoms with Crippen LogP contribution >= 0.6 is 0 Å². The zero-order chi connectivity index (χ0) is 24.0. The number of nitrogens with zero attached hydrogens (tertiary/aromatic N) is 4. The van der Waals surface area contributed by atoms with Gasteiger partial charge in [0, 0.05) is 36.6 Å². The Morgan fingerprint density at radius 3 is 2.74 bits per heavy atom. The van der Waals surface area contributed by atoms with E-state index in [-0.39, 0.29) is 17.8 Å². The molecule has 0 radical (unpaired) electrons. The Hall–Kier alpha value is -3.88. The molecule has 2 aromatic heterocycles. The van der Waals surface area contributed by atoms with E-state index < -0.39 is 6.09 Å². The summed E-state index contributed by atoms with van der Waals surface area (Å²) in [6.07, 6.45) is 0.210. The van der Waals surface area contributed by atoms with Crippen molar-refractivity contribution in [1.82, 2.24) is 19.0 Å². The first-order valence-electron chi connectivity index (χ1n) is 11.4. The fourth-order valence-corrected chi connectivity index (χ4v) is 4.90. The van der Waals surface area contributed by atoms with Gasteiger partial charge in [-0.2, -0.15) is 0 Å². The molecule has 1 saturated heterocycles. The minimum absolute atomic E-state index is 0.134. The number of primary amides is 1. The number of nitrogens with two attached hydrogens (primary N) is 1. The number of hydrogen-bond donors (Lipinski definition) is 1. The molecule has 3 heterocycles. The molecular weight excluding hydrogens is 437 g/mol. The highest BCUT2D eigenvalue weighted by Crippen LogP contribution is 2.31. The zero-order valence-corrected chi connectivity index (χ0v) is 19.1. The molecule has 0 aliphatic carbocycles. The number of halogens is 1. The van der Waals surface area contributed by atoms with Gasteiger partial charge in [-0.25, -0.2) is 14.2 Å². The van der Waals surface area contributed by atoms with E-state index in [1.165, 1.54) is 12.1 Å². The van der Waals surface area contributed by atoms with E-state index in [9.17, 15) is 14.0 Å². The van der Waals surface area contributed by atoms with Crippen LogP contribution in [0.5, 0.6) is 0 Å². The van der Waals surface area contributed by atoms with E-state index in [2.05, 4.69) is 4.57 Å². The van der Waals surface area contributed by atoms with Crippen molar-refractivity contribution in [2.45, 2.75) is 32.4 Å². The van der Waals surface area contributed by atoms with Crippen molar-refractivity contribution >= 4 is 33.9 Å². The summed E-state index contributed by atoms with van der Waals surface area (Å²) in [7, 11) is 1.93. The minimum Gasteiger partial charge on any atom is -0.445 e. The molecule has 1 unspecified atom stereocenters. The lowest BCUT2D eigenvalue weighted by molar-refractivity contribution is 0.0373. The number of hydrogen-bond acceptors (Lipinski definition) is 4. The Bertz CT molecular complexity index is 1420. The molecule has 0 spiro atoms. The summed E-state index contributed by atoms with van der Waals surface area (Å²) in [5, 5.41) is 0.817. The molecule has 4 aromatic rings. The molecule has 1 aliphatic heterocycles. The summed E-state index contributed by atoms with van der Waals surface area (Å²) >= 11 is 0. The monoisotopic (exact) mass is 463 g/mol. The maximum atomic E-state index is 13.8. The van der Waals surface area contributed by atoms with Crippen LogP contribution in [0.3, 0.4) is 0 Å². The number of amides is 2. The van der Waals surface area contributed by atoms with Crippen LogP contribution in [0, 0.1) is 5.82 Å². The second-order valence-electron chi connectivity index (χ2n) is 8.63. The molecule has 2 amide bonds.